The molecule has 11 nitrogen and oxygen atoms in total. The van der Waals surface area contributed by atoms with Gasteiger partial charge in [-0.2, -0.15) is 0 Å². The van der Waals surface area contributed by atoms with Crippen LogP contribution in [0.25, 0.3) is 11.1 Å². The van der Waals surface area contributed by atoms with Crippen LogP contribution in [0.3, 0.4) is 0 Å². The molecule has 2 aromatic carbocycles. The summed E-state index contributed by atoms with van der Waals surface area (Å²) >= 11 is 3.06. The number of hydrogen-bond donors (Lipinski definition) is 3. The van der Waals surface area contributed by atoms with Crippen molar-refractivity contribution in [1.29, 1.82) is 0 Å². The average molecular weight is 669 g/mol. The van der Waals surface area contributed by atoms with Crippen LogP contribution in [0.4, 0.5) is 9.93 Å². The summed E-state index contributed by atoms with van der Waals surface area (Å²) in [5, 5.41) is 15.3. The fourth-order valence-electron chi connectivity index (χ4n) is 5.34. The van der Waals surface area contributed by atoms with Gasteiger partial charge in [-0.05, 0) is 37.3 Å². The molecule has 0 unspecified atom stereocenters. The van der Waals surface area contributed by atoms with Gasteiger partial charge < -0.3 is 20.1 Å². The number of amides is 3. The van der Waals surface area contributed by atoms with Crippen molar-refractivity contribution >= 4 is 46.1 Å². The Hall–Kier alpha value is -5.14. The maximum atomic E-state index is 13.3. The zero-order valence-corrected chi connectivity index (χ0v) is 27.4. The van der Waals surface area contributed by atoms with E-state index < -0.39 is 6.09 Å². The molecule has 0 fully saturated rings. The number of nitrogens with zero attached hydrogens (tertiary/aromatic N) is 4. The number of carboxylic acid groups (broad SMARTS) is 1. The van der Waals surface area contributed by atoms with Gasteiger partial charge in [0.15, 0.2) is 5.13 Å². The molecule has 13 heteroatoms. The Labute approximate surface area is 280 Å². The number of para-hydroxylation sites is 1. The number of thioether (sulfide) groups is 1. The van der Waals surface area contributed by atoms with Crippen LogP contribution in [0.15, 0.2) is 89.7 Å². The lowest BCUT2D eigenvalue weighted by Gasteiger charge is -2.26. The number of carbonyl (C=O) groups excluding carboxylic acids is 2. The maximum absolute atomic E-state index is 13.3. The summed E-state index contributed by atoms with van der Waals surface area (Å²) in [6.45, 7) is 3.45. The first-order valence-electron chi connectivity index (χ1n) is 14.8. The van der Waals surface area contributed by atoms with Gasteiger partial charge in [-0.3, -0.25) is 24.8 Å². The lowest BCUT2D eigenvalue weighted by atomic mass is 9.99. The third kappa shape index (κ3) is 7.16. The first kappa shape index (κ1) is 31.8. The summed E-state index contributed by atoms with van der Waals surface area (Å²) in [6, 6.07) is 18.7. The number of thiazole rings is 1. The van der Waals surface area contributed by atoms with Crippen LogP contribution in [0, 0.1) is 6.92 Å². The summed E-state index contributed by atoms with van der Waals surface area (Å²) in [6.07, 6.45) is 4.72. The lowest BCUT2D eigenvalue weighted by molar-refractivity contribution is 0.0736. The molecule has 3 aliphatic rings. The van der Waals surface area contributed by atoms with Gasteiger partial charge in [-0.15, -0.1) is 11.8 Å². The monoisotopic (exact) mass is 668 g/mol. The fraction of sp³-hybridized carbons (Fsp3) is 0.206. The molecule has 3 aliphatic heterocycles. The first-order chi connectivity index (χ1) is 22.8. The van der Waals surface area contributed by atoms with Crippen LogP contribution >= 0.6 is 23.1 Å². The van der Waals surface area contributed by atoms with Crippen molar-refractivity contribution in [3.05, 3.63) is 117 Å². The van der Waals surface area contributed by atoms with Gasteiger partial charge in [-0.1, -0.05) is 47.7 Å². The number of pyridine rings is 1. The SMILES string of the molecule is COc1ccccc1-c1cc(C)ncc1C(=O)Nc1nc2c(s1)CN(C(=O)c1ccccc1)CC2.O=C(O)N1C=CC2=C(C1)SCN2. The number of methoxy groups -OCH3 is 1. The molecule has 0 saturated carbocycles. The second-order valence-electron chi connectivity index (χ2n) is 10.8. The standard InChI is InChI=1S/C27H24N4O3S.C7H8N2O2S/c1-17-14-20(19-10-6-7-11-23(19)34-2)21(15-28-17)25(32)30-27-29-22-12-13-31(16-24(22)35-27)26(33)18-8-4-3-5-9-18;10-7(11)9-2-1-5-6(3-9)12-4-8-5/h3-11,14-15H,12-13,16H2,1-2H3,(H,29,30,32);1-2,8H,3-4H2,(H,10,11). The zero-order valence-electron chi connectivity index (χ0n) is 25.7. The molecule has 47 heavy (non-hydrogen) atoms. The number of aryl methyl sites for hydroxylation is 1. The molecule has 3 N–H and O–H groups in total. The Kier molecular flexibility index (Phi) is 9.55. The largest absolute Gasteiger partial charge is 0.496 e. The minimum absolute atomic E-state index is 0.00224. The quantitative estimate of drug-likeness (QED) is 0.235. The van der Waals surface area contributed by atoms with Crippen LogP contribution in [-0.4, -0.2) is 68.9 Å². The molecule has 2 aromatic heterocycles. The topological polar surface area (TPSA) is 137 Å². The van der Waals surface area contributed by atoms with Crippen molar-refractivity contribution < 1.29 is 24.2 Å². The molecule has 0 atom stereocenters. The van der Waals surface area contributed by atoms with E-state index in [1.807, 2.05) is 72.5 Å². The molecule has 240 valence electrons. The van der Waals surface area contributed by atoms with E-state index in [4.69, 9.17) is 9.84 Å². The first-order valence-corrected chi connectivity index (χ1v) is 16.6. The highest BCUT2D eigenvalue weighted by molar-refractivity contribution is 8.03. The van der Waals surface area contributed by atoms with Gasteiger partial charge in [0.1, 0.15) is 5.75 Å². The summed E-state index contributed by atoms with van der Waals surface area (Å²) in [5.41, 5.74) is 5.47. The van der Waals surface area contributed by atoms with E-state index in [2.05, 4.69) is 20.6 Å². The fourth-order valence-corrected chi connectivity index (χ4v) is 7.29. The van der Waals surface area contributed by atoms with Crippen molar-refractivity contribution in [2.24, 2.45) is 0 Å². The molecule has 0 aliphatic carbocycles. The minimum Gasteiger partial charge on any atom is -0.496 e. The third-order valence-corrected chi connectivity index (χ3v) is 9.72. The molecule has 0 spiro atoms. The van der Waals surface area contributed by atoms with Crippen LogP contribution < -0.4 is 15.4 Å². The van der Waals surface area contributed by atoms with E-state index in [0.29, 0.717) is 48.1 Å². The van der Waals surface area contributed by atoms with Crippen LogP contribution in [0.1, 0.15) is 37.0 Å². The number of fused-ring (bicyclic) bond motifs is 1. The van der Waals surface area contributed by atoms with E-state index in [1.54, 1.807) is 37.3 Å². The van der Waals surface area contributed by atoms with E-state index >= 15 is 0 Å². The van der Waals surface area contributed by atoms with Gasteiger partial charge >= 0.3 is 6.09 Å². The van der Waals surface area contributed by atoms with E-state index in [1.165, 1.54) is 16.2 Å². The molecule has 0 saturated heterocycles. The van der Waals surface area contributed by atoms with Crippen molar-refractivity contribution in [3.8, 4) is 16.9 Å². The Morgan fingerprint density at radius 1 is 1.04 bits per heavy atom. The minimum atomic E-state index is -0.898. The Balaban J connectivity index is 0.000000269. The second-order valence-corrected chi connectivity index (χ2v) is 12.9. The molecule has 0 bridgehead atoms. The highest BCUT2D eigenvalue weighted by Gasteiger charge is 2.26. The number of carbonyl (C=O) groups is 3. The van der Waals surface area contributed by atoms with Crippen molar-refractivity contribution in [2.45, 2.75) is 19.9 Å². The predicted octanol–water partition coefficient (Wildman–Crippen LogP) is 5.97. The van der Waals surface area contributed by atoms with Gasteiger partial charge in [-0.25, -0.2) is 9.78 Å². The smallest absolute Gasteiger partial charge is 0.411 e. The van der Waals surface area contributed by atoms with Crippen molar-refractivity contribution in [2.75, 3.05) is 31.4 Å². The zero-order chi connectivity index (χ0) is 32.9. The van der Waals surface area contributed by atoms with Crippen molar-refractivity contribution in [3.63, 3.8) is 0 Å². The van der Waals surface area contributed by atoms with Crippen LogP contribution in [-0.2, 0) is 13.0 Å². The molecule has 0 radical (unpaired) electrons. The van der Waals surface area contributed by atoms with E-state index in [0.717, 1.165) is 43.9 Å². The Morgan fingerprint density at radius 2 is 1.83 bits per heavy atom. The Bertz CT molecular complexity index is 1890. The number of aromatic nitrogens is 2. The normalized spacial score (nSPS) is 14.8. The van der Waals surface area contributed by atoms with Gasteiger partial charge in [0.05, 0.1) is 37.3 Å². The maximum Gasteiger partial charge on any atom is 0.411 e. The Morgan fingerprint density at radius 3 is 2.62 bits per heavy atom. The molecule has 4 aromatic rings. The summed E-state index contributed by atoms with van der Waals surface area (Å²) in [4.78, 5) is 50.9. The van der Waals surface area contributed by atoms with E-state index in [9.17, 15) is 14.4 Å². The van der Waals surface area contributed by atoms with Crippen LogP contribution in [0.5, 0.6) is 5.75 Å². The van der Waals surface area contributed by atoms with Gasteiger partial charge in [0, 0.05) is 63.2 Å². The highest BCUT2D eigenvalue weighted by Crippen LogP contribution is 2.34. The summed E-state index contributed by atoms with van der Waals surface area (Å²) in [5.74, 6) is 1.24. The molecule has 3 amide bonds. The van der Waals surface area contributed by atoms with Gasteiger partial charge in [0.25, 0.3) is 11.8 Å². The number of ether oxygens (including phenoxy) is 1. The molecular weight excluding hydrogens is 637 g/mol. The highest BCUT2D eigenvalue weighted by atomic mass is 32.2. The molecular formula is C34H32N6O5S2. The number of benzene rings is 2. The van der Waals surface area contributed by atoms with Crippen molar-refractivity contribution in [1.82, 2.24) is 25.1 Å². The lowest BCUT2D eigenvalue weighted by Crippen LogP contribution is -2.35. The predicted molar refractivity (Wildman–Crippen MR) is 182 cm³/mol. The summed E-state index contributed by atoms with van der Waals surface area (Å²) in [7, 11) is 1.61. The number of allylic oxidation sites excluding steroid dienone is 1. The number of anilines is 1. The third-order valence-electron chi connectivity index (χ3n) is 7.73. The van der Waals surface area contributed by atoms with E-state index in [-0.39, 0.29) is 11.8 Å². The summed E-state index contributed by atoms with van der Waals surface area (Å²) < 4.78 is 5.51. The average Bonchev–Trinajstić information content (AvgIpc) is 3.74. The number of nitrogens with one attached hydrogen (secondary N) is 2. The number of rotatable bonds is 5. The van der Waals surface area contributed by atoms with Gasteiger partial charge in [0.2, 0.25) is 0 Å². The second kappa shape index (κ2) is 14.1. The number of hydrogen-bond acceptors (Lipinski definition) is 9. The molecule has 7 rings (SSSR count). The molecule has 5 heterocycles. The van der Waals surface area contributed by atoms with Crippen LogP contribution in [0.2, 0.25) is 0 Å².